The molecule has 21 heavy (non-hydrogen) atoms. The quantitative estimate of drug-likeness (QED) is 0.716. The minimum atomic E-state index is -0.154. The van der Waals surface area contributed by atoms with Crippen molar-refractivity contribution in [3.05, 3.63) is 0 Å². The molecule has 0 aromatic carbocycles. The highest BCUT2D eigenvalue weighted by Gasteiger charge is 2.32. The van der Waals surface area contributed by atoms with Crippen molar-refractivity contribution >= 4 is 17.2 Å². The first-order valence-corrected chi connectivity index (χ1v) is 8.48. The maximum Gasteiger partial charge on any atom is 0.0928 e. The van der Waals surface area contributed by atoms with Gasteiger partial charge in [-0.3, -0.25) is 14.7 Å². The predicted molar refractivity (Wildman–Crippen MR) is 92.8 cm³/mol. The maximum absolute atomic E-state index is 5.87. The standard InChI is InChI=1S/C15H31N5S/c1-15(2,14(16)21)20-12-10-19(11-13-20)9-8-18-6-4-17(3)5-7-18/h4-13H2,1-3H3,(H2,16,21). The van der Waals surface area contributed by atoms with E-state index in [2.05, 4.69) is 40.5 Å². The number of likely N-dealkylation sites (N-methyl/N-ethyl adjacent to an activating group) is 1. The molecular formula is C15H31N5S. The number of hydrogen-bond acceptors (Lipinski definition) is 5. The van der Waals surface area contributed by atoms with Gasteiger partial charge >= 0.3 is 0 Å². The van der Waals surface area contributed by atoms with Crippen LogP contribution in [0.3, 0.4) is 0 Å². The van der Waals surface area contributed by atoms with Crippen molar-refractivity contribution in [1.29, 1.82) is 0 Å². The van der Waals surface area contributed by atoms with Crippen LogP contribution in [0.15, 0.2) is 0 Å². The number of thiocarbonyl (C=S) groups is 1. The second kappa shape index (κ2) is 7.33. The van der Waals surface area contributed by atoms with Gasteiger partial charge in [-0.2, -0.15) is 0 Å². The molecule has 2 N–H and O–H groups in total. The summed E-state index contributed by atoms with van der Waals surface area (Å²) in [5.41, 5.74) is 5.71. The molecule has 5 nitrogen and oxygen atoms in total. The molecule has 0 spiro atoms. The van der Waals surface area contributed by atoms with Crippen LogP contribution in [0.1, 0.15) is 13.8 Å². The Kier molecular flexibility index (Phi) is 5.96. The van der Waals surface area contributed by atoms with Crippen molar-refractivity contribution in [3.63, 3.8) is 0 Å². The van der Waals surface area contributed by atoms with Crippen molar-refractivity contribution in [3.8, 4) is 0 Å². The third-order valence-corrected chi connectivity index (χ3v) is 5.59. The van der Waals surface area contributed by atoms with Crippen molar-refractivity contribution in [2.75, 3.05) is 72.5 Å². The monoisotopic (exact) mass is 313 g/mol. The van der Waals surface area contributed by atoms with Crippen molar-refractivity contribution in [1.82, 2.24) is 19.6 Å². The lowest BCUT2D eigenvalue weighted by Gasteiger charge is -2.44. The zero-order valence-corrected chi connectivity index (χ0v) is 14.7. The zero-order chi connectivity index (χ0) is 15.5. The molecule has 2 aliphatic heterocycles. The van der Waals surface area contributed by atoms with Gasteiger partial charge in [0.15, 0.2) is 0 Å². The molecule has 2 fully saturated rings. The maximum atomic E-state index is 5.87. The molecule has 0 bridgehead atoms. The first-order valence-electron chi connectivity index (χ1n) is 8.08. The van der Waals surface area contributed by atoms with E-state index in [4.69, 9.17) is 18.0 Å². The fourth-order valence-corrected chi connectivity index (χ4v) is 3.17. The summed E-state index contributed by atoms with van der Waals surface area (Å²) in [5.74, 6) is 0. The Morgan fingerprint density at radius 2 is 1.33 bits per heavy atom. The average molecular weight is 314 g/mol. The van der Waals surface area contributed by atoms with Crippen LogP contribution >= 0.6 is 12.2 Å². The highest BCUT2D eigenvalue weighted by Crippen LogP contribution is 2.17. The lowest BCUT2D eigenvalue weighted by molar-refractivity contribution is 0.0726. The Balaban J connectivity index is 1.69. The molecular weight excluding hydrogens is 282 g/mol. The Morgan fingerprint density at radius 1 is 0.905 bits per heavy atom. The third-order valence-electron chi connectivity index (χ3n) is 5.09. The van der Waals surface area contributed by atoms with Gasteiger partial charge in [0.2, 0.25) is 0 Å². The molecule has 2 aliphatic rings. The number of nitrogens with two attached hydrogens (primary N) is 1. The minimum Gasteiger partial charge on any atom is -0.392 e. The number of rotatable bonds is 5. The van der Waals surface area contributed by atoms with Gasteiger partial charge in [-0.05, 0) is 20.9 Å². The van der Waals surface area contributed by atoms with Crippen LogP contribution in [-0.4, -0.2) is 103 Å². The van der Waals surface area contributed by atoms with E-state index in [0.29, 0.717) is 4.99 Å². The summed E-state index contributed by atoms with van der Waals surface area (Å²) in [6.45, 7) is 15.9. The molecule has 0 amide bonds. The minimum absolute atomic E-state index is 0.154. The van der Waals surface area contributed by atoms with E-state index < -0.39 is 0 Å². The second-order valence-electron chi connectivity index (χ2n) is 6.90. The van der Waals surface area contributed by atoms with Crippen molar-refractivity contribution in [2.45, 2.75) is 19.4 Å². The average Bonchev–Trinajstić information content (AvgIpc) is 2.47. The normalized spacial score (nSPS) is 24.3. The van der Waals surface area contributed by atoms with Gasteiger partial charge in [-0.25, -0.2) is 0 Å². The Morgan fingerprint density at radius 3 is 1.76 bits per heavy atom. The van der Waals surface area contributed by atoms with Gasteiger partial charge in [0.1, 0.15) is 0 Å². The van der Waals surface area contributed by atoms with Crippen LogP contribution in [0, 0.1) is 0 Å². The molecule has 0 aromatic heterocycles. The molecule has 2 saturated heterocycles. The molecule has 0 aromatic rings. The van der Waals surface area contributed by atoms with Crippen LogP contribution in [0.5, 0.6) is 0 Å². The van der Waals surface area contributed by atoms with Gasteiger partial charge in [-0.15, -0.1) is 0 Å². The van der Waals surface area contributed by atoms with E-state index in [-0.39, 0.29) is 5.54 Å². The molecule has 0 radical (unpaired) electrons. The second-order valence-corrected chi connectivity index (χ2v) is 7.34. The van der Waals surface area contributed by atoms with E-state index >= 15 is 0 Å². The van der Waals surface area contributed by atoms with Crippen LogP contribution in [0.4, 0.5) is 0 Å². The number of piperazine rings is 2. The van der Waals surface area contributed by atoms with Crippen molar-refractivity contribution < 1.29 is 0 Å². The molecule has 0 atom stereocenters. The van der Waals surface area contributed by atoms with Crippen LogP contribution in [-0.2, 0) is 0 Å². The van der Waals surface area contributed by atoms with Gasteiger partial charge in [0, 0.05) is 65.4 Å². The van der Waals surface area contributed by atoms with Gasteiger partial charge in [0.05, 0.1) is 10.5 Å². The summed E-state index contributed by atoms with van der Waals surface area (Å²) in [4.78, 5) is 10.6. The third kappa shape index (κ3) is 4.60. The highest BCUT2D eigenvalue weighted by molar-refractivity contribution is 7.80. The summed E-state index contributed by atoms with van der Waals surface area (Å²) in [7, 11) is 2.21. The predicted octanol–water partition coefficient (Wildman–Crippen LogP) is -0.0839. The van der Waals surface area contributed by atoms with E-state index in [1.165, 1.54) is 39.3 Å². The summed E-state index contributed by atoms with van der Waals surface area (Å²) in [6.07, 6.45) is 0. The molecule has 0 aliphatic carbocycles. The molecule has 0 unspecified atom stereocenters. The van der Waals surface area contributed by atoms with Crippen LogP contribution in [0.25, 0.3) is 0 Å². The summed E-state index contributed by atoms with van der Waals surface area (Å²) in [5, 5.41) is 0. The summed E-state index contributed by atoms with van der Waals surface area (Å²) in [6, 6.07) is 0. The van der Waals surface area contributed by atoms with E-state index in [9.17, 15) is 0 Å². The van der Waals surface area contributed by atoms with Gasteiger partial charge < -0.3 is 10.6 Å². The topological polar surface area (TPSA) is 39.0 Å². The SMILES string of the molecule is CN1CCN(CCN2CCN(C(C)(C)C(N)=S)CC2)CC1. The molecule has 2 heterocycles. The lowest BCUT2D eigenvalue weighted by atomic mass is 10.0. The summed E-state index contributed by atoms with van der Waals surface area (Å²) < 4.78 is 0. The van der Waals surface area contributed by atoms with Crippen molar-refractivity contribution in [2.24, 2.45) is 5.73 Å². The zero-order valence-electron chi connectivity index (χ0n) is 13.8. The Bertz CT molecular complexity index is 344. The smallest absolute Gasteiger partial charge is 0.0928 e. The first-order chi connectivity index (χ1) is 9.89. The Labute approximate surface area is 135 Å². The molecule has 122 valence electrons. The molecule has 0 saturated carbocycles. The first kappa shape index (κ1) is 17.1. The van der Waals surface area contributed by atoms with E-state index in [0.717, 1.165) is 26.2 Å². The van der Waals surface area contributed by atoms with E-state index in [1.54, 1.807) is 0 Å². The Hall–Kier alpha value is -0.270. The summed E-state index contributed by atoms with van der Waals surface area (Å²) >= 11 is 5.20. The number of nitrogens with zero attached hydrogens (tertiary/aromatic N) is 4. The highest BCUT2D eigenvalue weighted by atomic mass is 32.1. The lowest BCUT2D eigenvalue weighted by Crippen LogP contribution is -2.59. The number of hydrogen-bond donors (Lipinski definition) is 1. The molecule has 2 rings (SSSR count). The largest absolute Gasteiger partial charge is 0.392 e. The van der Waals surface area contributed by atoms with Gasteiger partial charge in [-0.1, -0.05) is 12.2 Å². The van der Waals surface area contributed by atoms with Gasteiger partial charge in [0.25, 0.3) is 0 Å². The fraction of sp³-hybridized carbons (Fsp3) is 0.933. The fourth-order valence-electron chi connectivity index (χ4n) is 3.04. The van der Waals surface area contributed by atoms with E-state index in [1.807, 2.05) is 0 Å². The van der Waals surface area contributed by atoms with Crippen LogP contribution < -0.4 is 5.73 Å². The van der Waals surface area contributed by atoms with Crippen LogP contribution in [0.2, 0.25) is 0 Å². The molecule has 6 heteroatoms.